The summed E-state index contributed by atoms with van der Waals surface area (Å²) in [5, 5.41) is 0. The molecule has 0 saturated carbocycles. The quantitative estimate of drug-likeness (QED) is 0.634. The molecule has 0 heterocycles. The molecule has 1 aliphatic rings. The van der Waals surface area contributed by atoms with Gasteiger partial charge in [-0.05, 0) is 31.8 Å². The van der Waals surface area contributed by atoms with Crippen LogP contribution in [0, 0.1) is 5.92 Å². The number of carbonyl (C=O) groups excluding carboxylic acids is 1. The number of carbonyl (C=O) groups is 1. The number of allylic oxidation sites excluding steroid dienone is 3. The lowest BCUT2D eigenvalue weighted by atomic mass is 9.80. The van der Waals surface area contributed by atoms with Crippen molar-refractivity contribution in [1.82, 2.24) is 0 Å². The second kappa shape index (κ2) is 3.91. The molecule has 0 radical (unpaired) electrons. The Bertz CT molecular complexity index is 271. The van der Waals surface area contributed by atoms with Gasteiger partial charge in [0, 0.05) is 12.0 Å². The van der Waals surface area contributed by atoms with Crippen LogP contribution in [0.1, 0.15) is 40.0 Å². The van der Waals surface area contributed by atoms with E-state index in [1.54, 1.807) is 0 Å². The van der Waals surface area contributed by atoms with Crippen LogP contribution in [0.15, 0.2) is 23.3 Å². The molecule has 0 bridgehead atoms. The zero-order valence-electron chi connectivity index (χ0n) is 8.81. The highest BCUT2D eigenvalue weighted by atomic mass is 16.1. The minimum absolute atomic E-state index is 0.295. The summed E-state index contributed by atoms with van der Waals surface area (Å²) in [6, 6.07) is 0. The van der Waals surface area contributed by atoms with Crippen molar-refractivity contribution >= 4 is 5.78 Å². The fraction of sp³-hybridized carbons (Fsp3) is 0.583. The minimum Gasteiger partial charge on any atom is -0.294 e. The molecule has 0 amide bonds. The lowest BCUT2D eigenvalue weighted by molar-refractivity contribution is -0.116. The topological polar surface area (TPSA) is 17.1 Å². The maximum Gasteiger partial charge on any atom is 0.163 e. The van der Waals surface area contributed by atoms with E-state index in [1.807, 2.05) is 6.92 Å². The first-order chi connectivity index (χ1) is 6.06. The van der Waals surface area contributed by atoms with Crippen molar-refractivity contribution in [2.75, 3.05) is 0 Å². The van der Waals surface area contributed by atoms with Crippen LogP contribution in [-0.2, 0) is 4.79 Å². The molecule has 1 nitrogen and oxygen atoms in total. The molecule has 0 aromatic carbocycles. The van der Waals surface area contributed by atoms with Crippen molar-refractivity contribution in [3.63, 3.8) is 0 Å². The van der Waals surface area contributed by atoms with Crippen molar-refractivity contribution in [2.45, 2.75) is 40.0 Å². The van der Waals surface area contributed by atoms with Crippen molar-refractivity contribution in [1.29, 1.82) is 0 Å². The SMILES string of the molecule is C=C(C)C1=C(C)CC(CC)CC1=O. The van der Waals surface area contributed by atoms with Crippen LogP contribution in [0.5, 0.6) is 0 Å². The zero-order chi connectivity index (χ0) is 10.0. The van der Waals surface area contributed by atoms with Crippen LogP contribution in [0.25, 0.3) is 0 Å². The first kappa shape index (κ1) is 10.2. The van der Waals surface area contributed by atoms with E-state index in [0.717, 1.165) is 30.4 Å². The summed E-state index contributed by atoms with van der Waals surface area (Å²) < 4.78 is 0. The van der Waals surface area contributed by atoms with Crippen LogP contribution in [0.3, 0.4) is 0 Å². The normalized spacial score (nSPS) is 23.6. The number of hydrogen-bond acceptors (Lipinski definition) is 1. The van der Waals surface area contributed by atoms with E-state index in [1.165, 1.54) is 5.57 Å². The smallest absolute Gasteiger partial charge is 0.163 e. The monoisotopic (exact) mass is 178 g/mol. The van der Waals surface area contributed by atoms with Gasteiger partial charge in [0.25, 0.3) is 0 Å². The van der Waals surface area contributed by atoms with Crippen LogP contribution >= 0.6 is 0 Å². The Balaban J connectivity index is 2.94. The third-order valence-electron chi connectivity index (χ3n) is 2.78. The molecular weight excluding hydrogens is 160 g/mol. The Morgan fingerprint density at radius 2 is 2.15 bits per heavy atom. The highest BCUT2D eigenvalue weighted by molar-refractivity contribution is 6.00. The molecular formula is C12H18O. The Labute approximate surface area is 80.5 Å². The highest BCUT2D eigenvalue weighted by Crippen LogP contribution is 2.31. The molecule has 1 aliphatic carbocycles. The van der Waals surface area contributed by atoms with Crippen molar-refractivity contribution in [3.8, 4) is 0 Å². The van der Waals surface area contributed by atoms with Gasteiger partial charge in [-0.3, -0.25) is 4.79 Å². The van der Waals surface area contributed by atoms with Gasteiger partial charge in [-0.25, -0.2) is 0 Å². The second-order valence-corrected chi connectivity index (χ2v) is 4.04. The van der Waals surface area contributed by atoms with Crippen LogP contribution < -0.4 is 0 Å². The van der Waals surface area contributed by atoms with Gasteiger partial charge in [0.05, 0.1) is 0 Å². The summed E-state index contributed by atoms with van der Waals surface area (Å²) in [6.45, 7) is 9.98. The summed E-state index contributed by atoms with van der Waals surface area (Å²) in [5.41, 5.74) is 3.07. The van der Waals surface area contributed by atoms with E-state index in [0.29, 0.717) is 11.7 Å². The predicted octanol–water partition coefficient (Wildman–Crippen LogP) is 3.27. The summed E-state index contributed by atoms with van der Waals surface area (Å²) in [7, 11) is 0. The molecule has 0 aromatic heterocycles. The number of hydrogen-bond donors (Lipinski definition) is 0. The Hall–Kier alpha value is -0.850. The van der Waals surface area contributed by atoms with Gasteiger partial charge >= 0.3 is 0 Å². The minimum atomic E-state index is 0.295. The van der Waals surface area contributed by atoms with E-state index in [2.05, 4.69) is 20.4 Å². The molecule has 72 valence electrons. The standard InChI is InChI=1S/C12H18O/c1-5-10-6-9(4)12(8(2)3)11(13)7-10/h10H,2,5-7H2,1,3-4H3. The van der Waals surface area contributed by atoms with Crippen molar-refractivity contribution in [2.24, 2.45) is 5.92 Å². The van der Waals surface area contributed by atoms with Gasteiger partial charge in [0.2, 0.25) is 0 Å². The van der Waals surface area contributed by atoms with E-state index in [4.69, 9.17) is 0 Å². The van der Waals surface area contributed by atoms with Crippen LogP contribution in [0.2, 0.25) is 0 Å². The van der Waals surface area contributed by atoms with Gasteiger partial charge < -0.3 is 0 Å². The lowest BCUT2D eigenvalue weighted by Crippen LogP contribution is -2.18. The summed E-state index contributed by atoms with van der Waals surface area (Å²) in [5.74, 6) is 0.860. The third-order valence-corrected chi connectivity index (χ3v) is 2.78. The average molecular weight is 178 g/mol. The van der Waals surface area contributed by atoms with E-state index < -0.39 is 0 Å². The molecule has 0 N–H and O–H groups in total. The van der Waals surface area contributed by atoms with E-state index in [9.17, 15) is 4.79 Å². The maximum atomic E-state index is 11.7. The molecule has 13 heavy (non-hydrogen) atoms. The maximum absolute atomic E-state index is 11.7. The van der Waals surface area contributed by atoms with Crippen LogP contribution in [-0.4, -0.2) is 5.78 Å². The van der Waals surface area contributed by atoms with Gasteiger partial charge in [-0.15, -0.1) is 0 Å². The molecule has 0 spiro atoms. The molecule has 1 atom stereocenters. The van der Waals surface area contributed by atoms with Gasteiger partial charge in [0.15, 0.2) is 5.78 Å². The molecule has 0 aromatic rings. The summed E-state index contributed by atoms with van der Waals surface area (Å²) >= 11 is 0. The van der Waals surface area contributed by atoms with Crippen molar-refractivity contribution in [3.05, 3.63) is 23.3 Å². The Morgan fingerprint density at radius 1 is 1.54 bits per heavy atom. The molecule has 1 rings (SSSR count). The van der Waals surface area contributed by atoms with Gasteiger partial charge in [-0.1, -0.05) is 25.5 Å². The van der Waals surface area contributed by atoms with E-state index in [-0.39, 0.29) is 0 Å². The average Bonchev–Trinajstić information content (AvgIpc) is 2.02. The van der Waals surface area contributed by atoms with Crippen molar-refractivity contribution < 1.29 is 4.79 Å². The second-order valence-electron chi connectivity index (χ2n) is 4.04. The van der Waals surface area contributed by atoms with Crippen LogP contribution in [0.4, 0.5) is 0 Å². The molecule has 1 unspecified atom stereocenters. The first-order valence-corrected chi connectivity index (χ1v) is 4.95. The number of rotatable bonds is 2. The summed E-state index contributed by atoms with van der Waals surface area (Å²) in [6.07, 6.45) is 2.90. The fourth-order valence-corrected chi connectivity index (χ4v) is 2.10. The van der Waals surface area contributed by atoms with Gasteiger partial charge in [-0.2, -0.15) is 0 Å². The fourth-order valence-electron chi connectivity index (χ4n) is 2.10. The van der Waals surface area contributed by atoms with E-state index >= 15 is 0 Å². The summed E-state index contributed by atoms with van der Waals surface area (Å²) in [4.78, 5) is 11.7. The lowest BCUT2D eigenvalue weighted by Gasteiger charge is -2.23. The number of Topliss-reactive ketones (excluding diaryl/α,β-unsaturated/α-hetero) is 1. The highest BCUT2D eigenvalue weighted by Gasteiger charge is 2.24. The molecule has 1 heteroatoms. The Morgan fingerprint density at radius 3 is 2.54 bits per heavy atom. The molecule has 0 saturated heterocycles. The predicted molar refractivity (Wildman–Crippen MR) is 55.5 cm³/mol. The molecule has 0 aliphatic heterocycles. The zero-order valence-corrected chi connectivity index (χ0v) is 8.81. The van der Waals surface area contributed by atoms with Gasteiger partial charge in [0.1, 0.15) is 0 Å². The third kappa shape index (κ3) is 2.09. The Kier molecular flexibility index (Phi) is 3.07. The largest absolute Gasteiger partial charge is 0.294 e. The number of ketones is 1. The molecule has 0 fully saturated rings. The first-order valence-electron chi connectivity index (χ1n) is 4.95.